The molecule has 0 amide bonds. The fourth-order valence-corrected chi connectivity index (χ4v) is 1.99. The van der Waals surface area contributed by atoms with Crippen molar-refractivity contribution in [1.82, 2.24) is 0 Å². The Bertz CT molecular complexity index is 388. The lowest BCUT2D eigenvalue weighted by atomic mass is 9.77. The van der Waals surface area contributed by atoms with E-state index in [1.807, 2.05) is 0 Å². The van der Waals surface area contributed by atoms with Gasteiger partial charge in [0.25, 0.3) is 0 Å². The SMILES string of the molecule is N[C@H](c1cccc(OC(F)(F)F)c1)C1CCC1. The first-order chi connectivity index (χ1) is 7.96. The minimum atomic E-state index is -4.65. The predicted molar refractivity (Wildman–Crippen MR) is 57.4 cm³/mol. The molecule has 94 valence electrons. The second-order valence-corrected chi connectivity index (χ2v) is 4.34. The van der Waals surface area contributed by atoms with E-state index < -0.39 is 6.36 Å². The van der Waals surface area contributed by atoms with Crippen molar-refractivity contribution in [1.29, 1.82) is 0 Å². The number of halogens is 3. The van der Waals surface area contributed by atoms with Crippen LogP contribution in [-0.4, -0.2) is 6.36 Å². The number of alkyl halides is 3. The summed E-state index contributed by atoms with van der Waals surface area (Å²) in [6.45, 7) is 0. The van der Waals surface area contributed by atoms with Crippen LogP contribution in [-0.2, 0) is 0 Å². The van der Waals surface area contributed by atoms with Crippen LogP contribution in [0.5, 0.6) is 5.75 Å². The first kappa shape index (κ1) is 12.2. The Balaban J connectivity index is 2.10. The molecule has 1 atom stereocenters. The summed E-state index contributed by atoms with van der Waals surface area (Å²) in [7, 11) is 0. The van der Waals surface area contributed by atoms with Gasteiger partial charge in [-0.25, -0.2) is 0 Å². The molecular formula is C12H14F3NO. The number of nitrogens with two attached hydrogens (primary N) is 1. The quantitative estimate of drug-likeness (QED) is 0.885. The third kappa shape index (κ3) is 3.12. The van der Waals surface area contributed by atoms with Crippen LogP contribution in [0.25, 0.3) is 0 Å². The summed E-state index contributed by atoms with van der Waals surface area (Å²) in [6, 6.07) is 5.74. The van der Waals surface area contributed by atoms with E-state index in [0.717, 1.165) is 19.3 Å². The maximum atomic E-state index is 12.1. The topological polar surface area (TPSA) is 35.2 Å². The second kappa shape index (κ2) is 4.56. The van der Waals surface area contributed by atoms with Gasteiger partial charge in [0, 0.05) is 6.04 Å². The molecule has 0 aromatic heterocycles. The van der Waals surface area contributed by atoms with Gasteiger partial charge in [0.05, 0.1) is 0 Å². The van der Waals surface area contributed by atoms with Gasteiger partial charge in [0.15, 0.2) is 0 Å². The summed E-state index contributed by atoms with van der Waals surface area (Å²) in [5, 5.41) is 0. The first-order valence-electron chi connectivity index (χ1n) is 5.57. The van der Waals surface area contributed by atoms with Gasteiger partial charge in [-0.05, 0) is 36.5 Å². The van der Waals surface area contributed by atoms with Gasteiger partial charge in [-0.2, -0.15) is 0 Å². The van der Waals surface area contributed by atoms with Gasteiger partial charge in [0.1, 0.15) is 5.75 Å². The van der Waals surface area contributed by atoms with Gasteiger partial charge in [-0.1, -0.05) is 18.6 Å². The Morgan fingerprint density at radius 1 is 1.29 bits per heavy atom. The van der Waals surface area contributed by atoms with Crippen LogP contribution < -0.4 is 10.5 Å². The summed E-state index contributed by atoms with van der Waals surface area (Å²) in [5.41, 5.74) is 6.70. The zero-order valence-electron chi connectivity index (χ0n) is 9.20. The van der Waals surface area contributed by atoms with Crippen LogP contribution in [0.3, 0.4) is 0 Å². The molecule has 17 heavy (non-hydrogen) atoms. The molecule has 0 heterocycles. The van der Waals surface area contributed by atoms with Crippen molar-refractivity contribution < 1.29 is 17.9 Å². The lowest BCUT2D eigenvalue weighted by molar-refractivity contribution is -0.274. The lowest BCUT2D eigenvalue weighted by Gasteiger charge is -2.31. The monoisotopic (exact) mass is 245 g/mol. The molecule has 1 aliphatic carbocycles. The minimum absolute atomic E-state index is 0.194. The molecule has 1 aromatic rings. The first-order valence-corrected chi connectivity index (χ1v) is 5.57. The number of hydrogen-bond acceptors (Lipinski definition) is 2. The number of hydrogen-bond donors (Lipinski definition) is 1. The normalized spacial score (nSPS) is 18.6. The second-order valence-electron chi connectivity index (χ2n) is 4.34. The molecular weight excluding hydrogens is 231 g/mol. The number of ether oxygens (including phenoxy) is 1. The largest absolute Gasteiger partial charge is 0.573 e. The zero-order valence-corrected chi connectivity index (χ0v) is 9.20. The van der Waals surface area contributed by atoms with Crippen LogP contribution >= 0.6 is 0 Å². The molecule has 2 nitrogen and oxygen atoms in total. The highest BCUT2D eigenvalue weighted by Gasteiger charge is 2.31. The number of rotatable bonds is 3. The highest BCUT2D eigenvalue weighted by Crippen LogP contribution is 2.37. The Labute approximate surface area is 97.6 Å². The maximum Gasteiger partial charge on any atom is 0.573 e. The van der Waals surface area contributed by atoms with Crippen molar-refractivity contribution in [2.75, 3.05) is 0 Å². The fourth-order valence-electron chi connectivity index (χ4n) is 1.99. The molecule has 1 aromatic carbocycles. The third-order valence-corrected chi connectivity index (χ3v) is 3.13. The van der Waals surface area contributed by atoms with E-state index in [2.05, 4.69) is 4.74 Å². The lowest BCUT2D eigenvalue weighted by Crippen LogP contribution is -2.27. The standard InChI is InChI=1S/C12H14F3NO/c13-12(14,15)17-10-6-2-5-9(7-10)11(16)8-3-1-4-8/h2,5-8,11H,1,3-4,16H2/t11-/m0/s1. The van der Waals surface area contributed by atoms with Crippen LogP contribution in [0.1, 0.15) is 30.9 Å². The van der Waals surface area contributed by atoms with Crippen molar-refractivity contribution in [3.8, 4) is 5.75 Å². The van der Waals surface area contributed by atoms with Gasteiger partial charge < -0.3 is 10.5 Å². The van der Waals surface area contributed by atoms with Crippen LogP contribution in [0.2, 0.25) is 0 Å². The van der Waals surface area contributed by atoms with Gasteiger partial charge in [-0.3, -0.25) is 0 Å². The molecule has 2 N–H and O–H groups in total. The Morgan fingerprint density at radius 2 is 2.00 bits per heavy atom. The van der Waals surface area contributed by atoms with Gasteiger partial charge in [-0.15, -0.1) is 13.2 Å². The van der Waals surface area contributed by atoms with Crippen molar-refractivity contribution in [3.05, 3.63) is 29.8 Å². The summed E-state index contributed by atoms with van der Waals surface area (Å²) in [4.78, 5) is 0. The van der Waals surface area contributed by atoms with Gasteiger partial charge >= 0.3 is 6.36 Å². The molecule has 0 radical (unpaired) electrons. The molecule has 0 saturated heterocycles. The highest BCUT2D eigenvalue weighted by atomic mass is 19.4. The fraction of sp³-hybridized carbons (Fsp3) is 0.500. The van der Waals surface area contributed by atoms with Gasteiger partial charge in [0.2, 0.25) is 0 Å². The zero-order chi connectivity index (χ0) is 12.5. The van der Waals surface area contributed by atoms with Crippen LogP contribution in [0.4, 0.5) is 13.2 Å². The van der Waals surface area contributed by atoms with E-state index in [4.69, 9.17) is 5.73 Å². The van der Waals surface area contributed by atoms with E-state index >= 15 is 0 Å². The molecule has 0 spiro atoms. The highest BCUT2D eigenvalue weighted by molar-refractivity contribution is 5.31. The van der Waals surface area contributed by atoms with E-state index in [1.165, 1.54) is 18.2 Å². The van der Waals surface area contributed by atoms with Crippen LogP contribution in [0, 0.1) is 5.92 Å². The average Bonchev–Trinajstić information content (AvgIpc) is 2.12. The molecule has 1 aliphatic rings. The summed E-state index contributed by atoms with van der Waals surface area (Å²) in [6.07, 6.45) is -1.41. The Hall–Kier alpha value is -1.23. The molecule has 2 rings (SSSR count). The Kier molecular flexibility index (Phi) is 3.28. The van der Waals surface area contributed by atoms with Crippen molar-refractivity contribution in [2.24, 2.45) is 11.7 Å². The molecule has 1 fully saturated rings. The Morgan fingerprint density at radius 3 is 2.53 bits per heavy atom. The minimum Gasteiger partial charge on any atom is -0.406 e. The van der Waals surface area contributed by atoms with Crippen molar-refractivity contribution in [3.63, 3.8) is 0 Å². The molecule has 0 bridgehead atoms. The summed E-state index contributed by atoms with van der Waals surface area (Å²) in [5.74, 6) is 0.181. The average molecular weight is 245 g/mol. The molecule has 1 saturated carbocycles. The number of benzene rings is 1. The summed E-state index contributed by atoms with van der Waals surface area (Å²) >= 11 is 0. The van der Waals surface area contributed by atoms with E-state index in [1.54, 1.807) is 6.07 Å². The van der Waals surface area contributed by atoms with Crippen molar-refractivity contribution >= 4 is 0 Å². The third-order valence-electron chi connectivity index (χ3n) is 3.13. The molecule has 0 unspecified atom stereocenters. The van der Waals surface area contributed by atoms with Crippen LogP contribution in [0.15, 0.2) is 24.3 Å². The smallest absolute Gasteiger partial charge is 0.406 e. The van der Waals surface area contributed by atoms with E-state index in [-0.39, 0.29) is 11.8 Å². The predicted octanol–water partition coefficient (Wildman–Crippen LogP) is 3.39. The van der Waals surface area contributed by atoms with E-state index in [0.29, 0.717) is 11.5 Å². The van der Waals surface area contributed by atoms with Crippen molar-refractivity contribution in [2.45, 2.75) is 31.7 Å². The summed E-state index contributed by atoms with van der Waals surface area (Å²) < 4.78 is 40.0. The maximum absolute atomic E-state index is 12.1. The van der Waals surface area contributed by atoms with E-state index in [9.17, 15) is 13.2 Å². The molecule has 5 heteroatoms. The molecule has 0 aliphatic heterocycles.